The lowest BCUT2D eigenvalue weighted by molar-refractivity contribution is -0.147. The number of methoxy groups -OCH3 is 1. The van der Waals surface area contributed by atoms with Crippen molar-refractivity contribution in [3.05, 3.63) is 40.2 Å². The number of aliphatic hydroxyl groups is 3. The molecule has 3 aliphatic carbocycles. The number of primary amides is 1. The normalized spacial score (nSPS) is 26.8. The third-order valence-corrected chi connectivity index (χ3v) is 6.37. The van der Waals surface area contributed by atoms with E-state index in [0.717, 1.165) is 0 Å². The zero-order chi connectivity index (χ0) is 23.5. The molecule has 0 radical (unpaired) electrons. The van der Waals surface area contributed by atoms with Crippen LogP contribution in [0.5, 0.6) is 5.75 Å². The van der Waals surface area contributed by atoms with Crippen LogP contribution in [-0.4, -0.2) is 56.7 Å². The highest BCUT2D eigenvalue weighted by molar-refractivity contribution is 6.22. The van der Waals surface area contributed by atoms with Crippen molar-refractivity contribution in [2.45, 2.75) is 24.9 Å². The van der Waals surface area contributed by atoms with Crippen LogP contribution in [0.3, 0.4) is 0 Å². The summed E-state index contributed by atoms with van der Waals surface area (Å²) in [5.74, 6) is -7.07. The first-order valence-corrected chi connectivity index (χ1v) is 9.69. The number of anilines is 1. The van der Waals surface area contributed by atoms with Gasteiger partial charge in [0, 0.05) is 23.6 Å². The highest BCUT2D eigenvalue weighted by atomic mass is 16.5. The van der Waals surface area contributed by atoms with Gasteiger partial charge in [0.25, 0.3) is 5.91 Å². The van der Waals surface area contributed by atoms with E-state index in [2.05, 4.69) is 10.1 Å². The Morgan fingerprint density at radius 2 is 1.88 bits per heavy atom. The van der Waals surface area contributed by atoms with Crippen LogP contribution in [0.4, 0.5) is 10.5 Å². The van der Waals surface area contributed by atoms with Crippen molar-refractivity contribution in [2.24, 2.45) is 17.6 Å². The summed E-state index contributed by atoms with van der Waals surface area (Å²) >= 11 is 0. The molecule has 1 aromatic carbocycles. The van der Waals surface area contributed by atoms with Gasteiger partial charge in [-0.1, -0.05) is 0 Å². The number of Topliss-reactive ketones (excluding diaryl/α,β-unsaturated/α-hetero) is 2. The molecule has 0 spiro atoms. The van der Waals surface area contributed by atoms with Gasteiger partial charge in [0.15, 0.2) is 11.4 Å². The van der Waals surface area contributed by atoms with E-state index >= 15 is 0 Å². The maximum Gasteiger partial charge on any atom is 0.411 e. The Balaban J connectivity index is 1.90. The van der Waals surface area contributed by atoms with E-state index in [9.17, 15) is 39.6 Å². The molecule has 32 heavy (non-hydrogen) atoms. The number of ether oxygens (including phenoxy) is 1. The summed E-state index contributed by atoms with van der Waals surface area (Å²) in [7, 11) is 1.17. The lowest BCUT2D eigenvalue weighted by Gasteiger charge is -2.46. The molecular weight excluding hydrogens is 424 g/mol. The number of benzene rings is 1. The molecule has 4 rings (SSSR count). The second-order valence-corrected chi connectivity index (χ2v) is 8.01. The van der Waals surface area contributed by atoms with E-state index in [1.54, 1.807) is 0 Å². The molecule has 3 aliphatic rings. The third kappa shape index (κ3) is 2.78. The number of phenolic OH excluding ortho intramolecular Hbond substituents is 1. The lowest BCUT2D eigenvalue weighted by atomic mass is 9.59. The van der Waals surface area contributed by atoms with Crippen molar-refractivity contribution in [2.75, 3.05) is 12.4 Å². The molecule has 7 N–H and O–H groups in total. The Labute approximate surface area is 180 Å². The molecule has 11 heteroatoms. The molecule has 11 nitrogen and oxygen atoms in total. The van der Waals surface area contributed by atoms with Crippen molar-refractivity contribution in [1.29, 1.82) is 0 Å². The van der Waals surface area contributed by atoms with Gasteiger partial charge in [0.1, 0.15) is 22.8 Å². The first-order chi connectivity index (χ1) is 15.0. The standard InChI is InChI=1S/C21H20N2O9/c1-32-20(30)23-10-2-3-11(24)14-9(10)5-7-4-8-6-12(25)15(19(22)29)18(28)21(8,31)17(27)13(7)16(14)26/h2-3,7-8,24,26,28,31H,4-6H2,1H3,(H2,22,29)(H,23,30)/t7-,8+,21+/m1/s1. The SMILES string of the molecule is COC(=O)Nc1ccc(O)c2c1C[C@H]1C[C@H]3CC(=O)C(C(N)=O)=C(O)[C@@]3(O)C(=O)C1=C2O. The molecule has 0 aliphatic heterocycles. The number of amides is 2. The predicted octanol–water partition coefficient (Wildman–Crippen LogP) is 0.602. The summed E-state index contributed by atoms with van der Waals surface area (Å²) in [6.45, 7) is 0. The highest BCUT2D eigenvalue weighted by Crippen LogP contribution is 2.52. The van der Waals surface area contributed by atoms with E-state index in [0.29, 0.717) is 5.56 Å². The molecule has 0 aromatic heterocycles. The fraction of sp³-hybridized carbons (Fsp3) is 0.333. The van der Waals surface area contributed by atoms with Crippen LogP contribution in [-0.2, 0) is 25.5 Å². The van der Waals surface area contributed by atoms with Crippen molar-refractivity contribution < 1.29 is 44.3 Å². The summed E-state index contributed by atoms with van der Waals surface area (Å²) < 4.78 is 4.58. The van der Waals surface area contributed by atoms with E-state index in [1.165, 1.54) is 19.2 Å². The molecule has 0 saturated heterocycles. The number of carbonyl (C=O) groups excluding carboxylic acids is 4. The van der Waals surface area contributed by atoms with Crippen LogP contribution in [0, 0.1) is 11.8 Å². The summed E-state index contributed by atoms with van der Waals surface area (Å²) in [6, 6.07) is 2.61. The molecule has 1 aromatic rings. The van der Waals surface area contributed by atoms with Crippen LogP contribution in [0.2, 0.25) is 0 Å². The first kappa shape index (κ1) is 21.4. The van der Waals surface area contributed by atoms with Gasteiger partial charge in [0.2, 0.25) is 5.78 Å². The zero-order valence-corrected chi connectivity index (χ0v) is 16.8. The molecule has 168 valence electrons. The smallest absolute Gasteiger partial charge is 0.411 e. The van der Waals surface area contributed by atoms with Crippen LogP contribution in [0.25, 0.3) is 5.76 Å². The Hall–Kier alpha value is -3.86. The maximum atomic E-state index is 13.3. The minimum atomic E-state index is -2.62. The van der Waals surface area contributed by atoms with E-state index in [4.69, 9.17) is 5.73 Å². The fourth-order valence-corrected chi connectivity index (χ4v) is 4.90. The number of hydrogen-bond acceptors (Lipinski definition) is 9. The second-order valence-electron chi connectivity index (χ2n) is 8.01. The third-order valence-electron chi connectivity index (χ3n) is 6.37. The van der Waals surface area contributed by atoms with Gasteiger partial charge in [-0.25, -0.2) is 4.79 Å². The Kier molecular flexibility index (Phi) is 4.74. The molecule has 1 saturated carbocycles. The summed E-state index contributed by atoms with van der Waals surface area (Å²) in [5, 5.41) is 45.4. The van der Waals surface area contributed by atoms with Gasteiger partial charge in [-0.3, -0.25) is 19.7 Å². The number of phenols is 1. The molecule has 3 atom stereocenters. The highest BCUT2D eigenvalue weighted by Gasteiger charge is 2.60. The first-order valence-electron chi connectivity index (χ1n) is 9.69. The van der Waals surface area contributed by atoms with Crippen molar-refractivity contribution in [3.63, 3.8) is 0 Å². The van der Waals surface area contributed by atoms with Crippen LogP contribution >= 0.6 is 0 Å². The average molecular weight is 444 g/mol. The number of nitrogens with one attached hydrogen (secondary N) is 1. The number of ketones is 2. The number of rotatable bonds is 2. The second kappa shape index (κ2) is 7.09. The number of aromatic hydroxyl groups is 1. The van der Waals surface area contributed by atoms with Crippen molar-refractivity contribution in [1.82, 2.24) is 0 Å². The maximum absolute atomic E-state index is 13.3. The van der Waals surface area contributed by atoms with Gasteiger partial charge in [0.05, 0.1) is 12.7 Å². The topological polar surface area (TPSA) is 196 Å². The van der Waals surface area contributed by atoms with E-state index in [-0.39, 0.29) is 35.4 Å². The number of hydrogen-bond donors (Lipinski definition) is 6. The predicted molar refractivity (Wildman–Crippen MR) is 107 cm³/mol. The van der Waals surface area contributed by atoms with Crippen LogP contribution in [0.15, 0.2) is 29.0 Å². The quantitative estimate of drug-likeness (QED) is 0.279. The van der Waals surface area contributed by atoms with Crippen LogP contribution in [0.1, 0.15) is 24.0 Å². The molecule has 0 heterocycles. The lowest BCUT2D eigenvalue weighted by Crippen LogP contribution is -2.58. The summed E-state index contributed by atoms with van der Waals surface area (Å²) in [6.07, 6.45) is -1.12. The largest absolute Gasteiger partial charge is 0.508 e. The average Bonchev–Trinajstić information content (AvgIpc) is 2.72. The Morgan fingerprint density at radius 3 is 2.50 bits per heavy atom. The van der Waals surface area contributed by atoms with Gasteiger partial charge in [-0.2, -0.15) is 0 Å². The molecule has 0 bridgehead atoms. The minimum Gasteiger partial charge on any atom is -0.508 e. The monoisotopic (exact) mass is 444 g/mol. The van der Waals surface area contributed by atoms with Gasteiger partial charge >= 0.3 is 6.09 Å². The van der Waals surface area contributed by atoms with Gasteiger partial charge < -0.3 is 30.9 Å². The summed E-state index contributed by atoms with van der Waals surface area (Å²) in [4.78, 5) is 49.0. The Morgan fingerprint density at radius 1 is 1.19 bits per heavy atom. The van der Waals surface area contributed by atoms with E-state index < -0.39 is 64.5 Å². The fourth-order valence-electron chi connectivity index (χ4n) is 4.90. The van der Waals surface area contributed by atoms with Crippen molar-refractivity contribution in [3.8, 4) is 5.75 Å². The number of carbonyl (C=O) groups is 4. The molecule has 2 amide bonds. The Bertz CT molecular complexity index is 1170. The number of nitrogens with two attached hydrogens (primary N) is 1. The zero-order valence-electron chi connectivity index (χ0n) is 16.8. The molecule has 1 fully saturated rings. The molecule has 0 unspecified atom stereocenters. The minimum absolute atomic E-state index is 0.00373. The number of aliphatic hydroxyl groups excluding tert-OH is 2. The van der Waals surface area contributed by atoms with Crippen LogP contribution < -0.4 is 11.1 Å². The van der Waals surface area contributed by atoms with Gasteiger partial charge in [-0.15, -0.1) is 0 Å². The van der Waals surface area contributed by atoms with Gasteiger partial charge in [-0.05, 0) is 36.5 Å². The van der Waals surface area contributed by atoms with E-state index in [1.807, 2.05) is 0 Å². The summed E-state index contributed by atoms with van der Waals surface area (Å²) in [5.41, 5.74) is 1.87. The van der Waals surface area contributed by atoms with Crippen molar-refractivity contribution >= 4 is 35.0 Å². The number of fused-ring (bicyclic) bond motifs is 3. The molecular formula is C21H20N2O9.